The lowest BCUT2D eigenvalue weighted by atomic mass is 10.0. The first-order valence-electron chi connectivity index (χ1n) is 14.8. The summed E-state index contributed by atoms with van der Waals surface area (Å²) in [6, 6.07) is 13.0. The fourth-order valence-electron chi connectivity index (χ4n) is 6.00. The normalized spacial score (nSPS) is 13.8. The zero-order valence-corrected chi connectivity index (χ0v) is 25.6. The zero-order chi connectivity index (χ0) is 33.7. The van der Waals surface area contributed by atoms with Gasteiger partial charge in [0.15, 0.2) is 0 Å². The number of ether oxygens (including phenoxy) is 1. The van der Waals surface area contributed by atoms with Gasteiger partial charge in [0.1, 0.15) is 0 Å². The third-order valence-corrected chi connectivity index (χ3v) is 8.49. The smallest absolute Gasteiger partial charge is 0.418 e. The second kappa shape index (κ2) is 11.7. The molecule has 48 heavy (non-hydrogen) atoms. The van der Waals surface area contributed by atoms with E-state index in [1.54, 1.807) is 41.4 Å². The number of aromatic nitrogens is 6. The maximum Gasteiger partial charge on any atom is 0.418 e. The summed E-state index contributed by atoms with van der Waals surface area (Å²) in [6.07, 6.45) is 0.875. The number of carboxylic acid groups (broad SMARTS) is 1. The van der Waals surface area contributed by atoms with Gasteiger partial charge in [0.25, 0.3) is 0 Å². The van der Waals surface area contributed by atoms with Gasteiger partial charge in [0, 0.05) is 74.5 Å². The average molecular weight is 657 g/mol. The largest absolute Gasteiger partial charge is 0.481 e. The van der Waals surface area contributed by atoms with Gasteiger partial charge in [-0.3, -0.25) is 14.1 Å². The van der Waals surface area contributed by atoms with Gasteiger partial charge in [0.2, 0.25) is 11.8 Å². The number of benzene rings is 2. The molecule has 0 saturated carbocycles. The SMILES string of the molecule is COc1ccc(-c2ccc3ncc4c(c3c2)n(-c2ccc(N3CCN(c5ncc(C(=O)O)cn5)CC3)c(C(F)(F)F)c2)c(=O)n4C)cn1. The number of carbonyl (C=O) groups is 1. The van der Waals surface area contributed by atoms with Crippen molar-refractivity contribution in [2.45, 2.75) is 6.18 Å². The van der Waals surface area contributed by atoms with Crippen LogP contribution in [0.5, 0.6) is 5.88 Å². The highest BCUT2D eigenvalue weighted by atomic mass is 19.4. The number of anilines is 2. The molecule has 2 aromatic carbocycles. The molecule has 12 nitrogen and oxygen atoms in total. The van der Waals surface area contributed by atoms with Crippen LogP contribution in [-0.4, -0.2) is 73.4 Å². The Morgan fingerprint density at radius 1 is 0.854 bits per heavy atom. The fourth-order valence-corrected chi connectivity index (χ4v) is 6.00. The molecule has 4 aromatic heterocycles. The van der Waals surface area contributed by atoms with E-state index in [4.69, 9.17) is 9.84 Å². The van der Waals surface area contributed by atoms with Crippen LogP contribution in [0.4, 0.5) is 24.8 Å². The van der Waals surface area contributed by atoms with E-state index in [0.29, 0.717) is 46.9 Å². The van der Waals surface area contributed by atoms with E-state index in [1.165, 1.54) is 40.8 Å². The number of aromatic carboxylic acids is 1. The highest BCUT2D eigenvalue weighted by Crippen LogP contribution is 2.39. The maximum atomic E-state index is 14.7. The van der Waals surface area contributed by atoms with Crippen molar-refractivity contribution in [3.63, 3.8) is 0 Å². The number of pyridine rings is 2. The van der Waals surface area contributed by atoms with E-state index in [9.17, 15) is 22.8 Å². The minimum absolute atomic E-state index is 0.0119. The van der Waals surface area contributed by atoms with E-state index in [0.717, 1.165) is 17.2 Å². The van der Waals surface area contributed by atoms with Gasteiger partial charge in [-0.25, -0.2) is 24.5 Å². The molecule has 1 N–H and O–H groups in total. The van der Waals surface area contributed by atoms with Crippen LogP contribution < -0.4 is 20.2 Å². The summed E-state index contributed by atoms with van der Waals surface area (Å²) in [6.45, 7) is 1.11. The Morgan fingerprint density at radius 3 is 2.21 bits per heavy atom. The van der Waals surface area contributed by atoms with Gasteiger partial charge >= 0.3 is 17.8 Å². The number of imidazole rings is 1. The van der Waals surface area contributed by atoms with Crippen LogP contribution in [0.2, 0.25) is 0 Å². The molecule has 1 aliphatic rings. The zero-order valence-electron chi connectivity index (χ0n) is 25.6. The topological polar surface area (TPSA) is 132 Å². The molecule has 0 aliphatic carbocycles. The summed E-state index contributed by atoms with van der Waals surface area (Å²) in [5.74, 6) is -0.400. The molecule has 6 aromatic rings. The van der Waals surface area contributed by atoms with Crippen molar-refractivity contribution in [2.24, 2.45) is 7.05 Å². The van der Waals surface area contributed by atoms with Crippen molar-refractivity contribution < 1.29 is 27.8 Å². The summed E-state index contributed by atoms with van der Waals surface area (Å²) in [5, 5.41) is 9.68. The van der Waals surface area contributed by atoms with E-state index >= 15 is 0 Å². The predicted octanol–water partition coefficient (Wildman–Crippen LogP) is 4.78. The Bertz CT molecular complexity index is 2240. The quantitative estimate of drug-likeness (QED) is 0.267. The molecule has 15 heteroatoms. The van der Waals surface area contributed by atoms with Crippen LogP contribution in [0.3, 0.4) is 0 Å². The molecular formula is C33H27F3N8O4. The average Bonchev–Trinajstić information content (AvgIpc) is 3.36. The summed E-state index contributed by atoms with van der Waals surface area (Å²) in [7, 11) is 3.08. The summed E-state index contributed by atoms with van der Waals surface area (Å²) in [5.41, 5.74) is 1.64. The maximum absolute atomic E-state index is 14.7. The van der Waals surface area contributed by atoms with Crippen LogP contribution in [0.1, 0.15) is 15.9 Å². The third kappa shape index (κ3) is 5.32. The molecule has 1 aliphatic heterocycles. The number of halogens is 3. The summed E-state index contributed by atoms with van der Waals surface area (Å²) < 4.78 is 51.9. The number of hydrogen-bond acceptors (Lipinski definition) is 9. The molecule has 0 spiro atoms. The van der Waals surface area contributed by atoms with Crippen LogP contribution in [0.15, 0.2) is 78.1 Å². The highest BCUT2D eigenvalue weighted by molar-refractivity contribution is 6.04. The van der Waals surface area contributed by atoms with Crippen molar-refractivity contribution in [1.29, 1.82) is 0 Å². The Hall–Kier alpha value is -5.99. The number of piperazine rings is 1. The number of hydrogen-bond donors (Lipinski definition) is 1. The predicted molar refractivity (Wildman–Crippen MR) is 172 cm³/mol. The van der Waals surface area contributed by atoms with Crippen LogP contribution in [0.25, 0.3) is 38.8 Å². The van der Waals surface area contributed by atoms with Crippen LogP contribution in [-0.2, 0) is 13.2 Å². The third-order valence-electron chi connectivity index (χ3n) is 8.49. The number of rotatable bonds is 6. The molecule has 244 valence electrons. The fraction of sp³-hybridized carbons (Fsp3) is 0.212. The molecule has 1 saturated heterocycles. The van der Waals surface area contributed by atoms with Crippen molar-refractivity contribution in [3.8, 4) is 22.7 Å². The van der Waals surface area contributed by atoms with Crippen molar-refractivity contribution in [1.82, 2.24) is 29.1 Å². The molecule has 0 unspecified atom stereocenters. The first kappa shape index (κ1) is 30.7. The number of aryl methyl sites for hydroxylation is 1. The standard InChI is InChI=1S/C33H27F3N8O4/c1-41-27-18-37-25-6-3-19(20-4-8-28(48-2)38-15-20)13-23(25)29(27)44(32(41)47)22-5-7-26(24(14-22)33(34,35)36)42-9-11-43(12-10-42)31-39-16-21(17-40-31)30(45)46/h3-8,13-18H,9-12H2,1-2H3,(H,45,46). The molecule has 1 fully saturated rings. The first-order chi connectivity index (χ1) is 23.0. The van der Waals surface area contributed by atoms with Gasteiger partial charge in [-0.2, -0.15) is 13.2 Å². The number of fused-ring (bicyclic) bond motifs is 3. The second-order valence-corrected chi connectivity index (χ2v) is 11.2. The second-order valence-electron chi connectivity index (χ2n) is 11.2. The number of methoxy groups -OCH3 is 1. The molecule has 0 radical (unpaired) electrons. The van der Waals surface area contributed by atoms with Gasteiger partial charge in [-0.15, -0.1) is 0 Å². The van der Waals surface area contributed by atoms with Crippen molar-refractivity contribution in [3.05, 3.63) is 94.9 Å². The minimum Gasteiger partial charge on any atom is -0.481 e. The monoisotopic (exact) mass is 656 g/mol. The summed E-state index contributed by atoms with van der Waals surface area (Å²) in [4.78, 5) is 45.2. The van der Waals surface area contributed by atoms with Gasteiger partial charge in [0.05, 0.1) is 46.7 Å². The molecule has 7 rings (SSSR count). The molecule has 5 heterocycles. The minimum atomic E-state index is -4.72. The summed E-state index contributed by atoms with van der Waals surface area (Å²) >= 11 is 0. The Labute approximate surface area is 270 Å². The van der Waals surface area contributed by atoms with E-state index in [-0.39, 0.29) is 30.0 Å². The van der Waals surface area contributed by atoms with Gasteiger partial charge < -0.3 is 19.6 Å². The first-order valence-corrected chi connectivity index (χ1v) is 14.8. The lowest BCUT2D eigenvalue weighted by molar-refractivity contribution is -0.137. The number of carboxylic acids is 1. The number of alkyl halides is 3. The van der Waals surface area contributed by atoms with E-state index in [2.05, 4.69) is 19.9 Å². The van der Waals surface area contributed by atoms with Gasteiger partial charge in [-0.05, 0) is 42.0 Å². The molecule has 0 bridgehead atoms. The van der Waals surface area contributed by atoms with Crippen LogP contribution in [0, 0.1) is 0 Å². The Balaban J connectivity index is 1.28. The van der Waals surface area contributed by atoms with Crippen molar-refractivity contribution in [2.75, 3.05) is 43.1 Å². The molecule has 0 atom stereocenters. The van der Waals surface area contributed by atoms with Gasteiger partial charge in [-0.1, -0.05) is 6.07 Å². The van der Waals surface area contributed by atoms with E-state index < -0.39 is 23.4 Å². The Morgan fingerprint density at radius 2 is 1.56 bits per heavy atom. The molecule has 0 amide bonds. The number of nitrogens with zero attached hydrogens (tertiary/aromatic N) is 8. The Kier molecular flexibility index (Phi) is 7.45. The van der Waals surface area contributed by atoms with Crippen LogP contribution >= 0.6 is 0 Å². The lowest BCUT2D eigenvalue weighted by Gasteiger charge is -2.37. The highest BCUT2D eigenvalue weighted by Gasteiger charge is 2.36. The molecular weight excluding hydrogens is 629 g/mol. The lowest BCUT2D eigenvalue weighted by Crippen LogP contribution is -2.47. The van der Waals surface area contributed by atoms with Crippen molar-refractivity contribution >= 4 is 39.5 Å². The van der Waals surface area contributed by atoms with E-state index in [1.807, 2.05) is 18.2 Å².